The first kappa shape index (κ1) is 18.5. The van der Waals surface area contributed by atoms with Crippen LogP contribution in [0.3, 0.4) is 0 Å². The molecule has 26 heavy (non-hydrogen) atoms. The number of pyridine rings is 1. The molecule has 2 aliphatic rings. The van der Waals surface area contributed by atoms with Crippen molar-refractivity contribution in [2.24, 2.45) is 17.8 Å². The number of urea groups is 1. The van der Waals surface area contributed by atoms with Crippen LogP contribution in [-0.2, 0) is 4.79 Å². The van der Waals surface area contributed by atoms with Crippen LogP contribution in [0.2, 0.25) is 0 Å². The molecule has 0 spiro atoms. The van der Waals surface area contributed by atoms with Crippen LogP contribution in [0.4, 0.5) is 10.5 Å². The van der Waals surface area contributed by atoms with Crippen molar-refractivity contribution >= 4 is 17.7 Å². The normalized spacial score (nSPS) is 24.3. The lowest BCUT2D eigenvalue weighted by atomic mass is 9.91. The fraction of sp³-hybridized carbons (Fsp3) is 0.632. The first-order valence-electron chi connectivity index (χ1n) is 9.43. The third kappa shape index (κ3) is 4.65. The maximum absolute atomic E-state index is 12.4. The highest BCUT2D eigenvalue weighted by atomic mass is 16.4. The molecule has 1 aromatic heterocycles. The van der Waals surface area contributed by atoms with Gasteiger partial charge in [0.25, 0.3) is 0 Å². The molecule has 2 amide bonds. The highest BCUT2D eigenvalue weighted by Gasteiger charge is 2.32. The Labute approximate surface area is 154 Å². The summed E-state index contributed by atoms with van der Waals surface area (Å²) in [7, 11) is 0. The zero-order valence-electron chi connectivity index (χ0n) is 15.3. The number of hydrogen-bond donors (Lipinski definition) is 2. The quantitative estimate of drug-likeness (QED) is 0.858. The van der Waals surface area contributed by atoms with Crippen LogP contribution < -0.4 is 10.2 Å². The minimum atomic E-state index is -0.808. The van der Waals surface area contributed by atoms with E-state index in [9.17, 15) is 14.7 Å². The first-order valence-corrected chi connectivity index (χ1v) is 9.43. The zero-order valence-corrected chi connectivity index (χ0v) is 15.3. The monoisotopic (exact) mass is 360 g/mol. The number of carbonyl (C=O) groups excluding carboxylic acids is 1. The van der Waals surface area contributed by atoms with Crippen LogP contribution >= 0.6 is 0 Å². The van der Waals surface area contributed by atoms with E-state index in [1.54, 1.807) is 4.90 Å². The number of carboxylic acids is 1. The molecule has 0 aliphatic carbocycles. The second-order valence-corrected chi connectivity index (χ2v) is 7.60. The lowest BCUT2D eigenvalue weighted by Gasteiger charge is -2.36. The second-order valence-electron chi connectivity index (χ2n) is 7.60. The van der Waals surface area contributed by atoms with Crippen molar-refractivity contribution < 1.29 is 14.7 Å². The Balaban J connectivity index is 1.43. The second kappa shape index (κ2) is 8.38. The van der Waals surface area contributed by atoms with Gasteiger partial charge in [-0.3, -0.25) is 9.78 Å². The molecule has 2 N–H and O–H groups in total. The topological polar surface area (TPSA) is 85.8 Å². The molecule has 0 saturated carbocycles. The van der Waals surface area contributed by atoms with Crippen LogP contribution in [0.1, 0.15) is 26.2 Å². The molecule has 3 rings (SSSR count). The Morgan fingerprint density at radius 2 is 1.92 bits per heavy atom. The molecule has 2 aliphatic heterocycles. The molecule has 0 radical (unpaired) electrons. The van der Waals surface area contributed by atoms with Gasteiger partial charge in [-0.2, -0.15) is 0 Å². The predicted octanol–water partition coefficient (Wildman–Crippen LogP) is 2.05. The summed E-state index contributed by atoms with van der Waals surface area (Å²) in [5.41, 5.74) is 1.20. The summed E-state index contributed by atoms with van der Waals surface area (Å²) in [6.45, 7) is 5.57. The van der Waals surface area contributed by atoms with Crippen molar-refractivity contribution in [1.29, 1.82) is 0 Å². The van der Waals surface area contributed by atoms with E-state index < -0.39 is 11.9 Å². The van der Waals surface area contributed by atoms with Gasteiger partial charge in [-0.05, 0) is 43.2 Å². The number of nitrogens with zero attached hydrogens (tertiary/aromatic N) is 3. The SMILES string of the molecule is CC1CC(C(=O)O)CN(C(=O)NCC2CCN(c3ccncc3)CC2)C1. The summed E-state index contributed by atoms with van der Waals surface area (Å²) >= 11 is 0. The molecule has 3 heterocycles. The van der Waals surface area contributed by atoms with E-state index in [-0.39, 0.29) is 11.9 Å². The van der Waals surface area contributed by atoms with Gasteiger partial charge < -0.3 is 20.2 Å². The Bertz CT molecular complexity index is 616. The lowest BCUT2D eigenvalue weighted by molar-refractivity contribution is -0.143. The van der Waals surface area contributed by atoms with E-state index in [0.717, 1.165) is 25.9 Å². The first-order chi connectivity index (χ1) is 12.5. The number of carboxylic acid groups (broad SMARTS) is 1. The van der Waals surface area contributed by atoms with E-state index in [2.05, 4.69) is 15.2 Å². The molecule has 2 atom stereocenters. The molecule has 7 nitrogen and oxygen atoms in total. The minimum Gasteiger partial charge on any atom is -0.481 e. The molecule has 7 heteroatoms. The molecular formula is C19H28N4O3. The maximum Gasteiger partial charge on any atom is 0.317 e. The van der Waals surface area contributed by atoms with Gasteiger partial charge in [-0.15, -0.1) is 0 Å². The average molecular weight is 360 g/mol. The highest BCUT2D eigenvalue weighted by molar-refractivity contribution is 5.76. The van der Waals surface area contributed by atoms with Gasteiger partial charge in [0.05, 0.1) is 5.92 Å². The summed E-state index contributed by atoms with van der Waals surface area (Å²) in [5.74, 6) is -0.570. The number of carbonyl (C=O) groups is 2. The standard InChI is InChI=1S/C19H28N4O3/c1-14-10-16(18(24)25)13-23(12-14)19(26)21-11-15-4-8-22(9-5-15)17-2-6-20-7-3-17/h2-3,6-7,14-16H,4-5,8-13H2,1H3,(H,21,26)(H,24,25). The molecule has 0 bridgehead atoms. The molecule has 0 aromatic carbocycles. The number of piperidine rings is 2. The smallest absolute Gasteiger partial charge is 0.317 e. The summed E-state index contributed by atoms with van der Waals surface area (Å²) in [4.78, 5) is 31.8. The molecule has 142 valence electrons. The summed E-state index contributed by atoms with van der Waals surface area (Å²) in [6.07, 6.45) is 6.34. The summed E-state index contributed by atoms with van der Waals surface area (Å²) in [5, 5.41) is 12.3. The van der Waals surface area contributed by atoms with Gasteiger partial charge in [0.1, 0.15) is 0 Å². The fourth-order valence-corrected chi connectivity index (χ4v) is 3.99. The van der Waals surface area contributed by atoms with Crippen LogP contribution in [0.15, 0.2) is 24.5 Å². The fourth-order valence-electron chi connectivity index (χ4n) is 3.99. The van der Waals surface area contributed by atoms with Crippen molar-refractivity contribution in [2.75, 3.05) is 37.6 Å². The van der Waals surface area contributed by atoms with Crippen molar-refractivity contribution in [3.8, 4) is 0 Å². The third-order valence-electron chi connectivity index (χ3n) is 5.48. The summed E-state index contributed by atoms with van der Waals surface area (Å²) in [6, 6.07) is 3.93. The van der Waals surface area contributed by atoms with Gasteiger partial charge >= 0.3 is 12.0 Å². The van der Waals surface area contributed by atoms with E-state index in [0.29, 0.717) is 32.0 Å². The number of hydrogen-bond acceptors (Lipinski definition) is 4. The number of aliphatic carboxylic acids is 1. The molecule has 2 unspecified atom stereocenters. The zero-order chi connectivity index (χ0) is 18.5. The van der Waals surface area contributed by atoms with E-state index in [1.807, 2.05) is 31.5 Å². The minimum absolute atomic E-state index is 0.126. The maximum atomic E-state index is 12.4. The summed E-state index contributed by atoms with van der Waals surface area (Å²) < 4.78 is 0. The number of rotatable bonds is 4. The van der Waals surface area contributed by atoms with Gasteiger partial charge in [0, 0.05) is 50.8 Å². The van der Waals surface area contributed by atoms with E-state index >= 15 is 0 Å². The third-order valence-corrected chi connectivity index (χ3v) is 5.48. The molecule has 1 aromatic rings. The number of nitrogens with one attached hydrogen (secondary N) is 1. The van der Waals surface area contributed by atoms with Crippen LogP contribution in [0.25, 0.3) is 0 Å². The van der Waals surface area contributed by atoms with Crippen molar-refractivity contribution in [1.82, 2.24) is 15.2 Å². The predicted molar refractivity (Wildman–Crippen MR) is 99.1 cm³/mol. The van der Waals surface area contributed by atoms with Gasteiger partial charge in [-0.1, -0.05) is 6.92 Å². The molecule has 2 fully saturated rings. The Morgan fingerprint density at radius 1 is 1.23 bits per heavy atom. The van der Waals surface area contributed by atoms with E-state index in [1.165, 1.54) is 5.69 Å². The molecular weight excluding hydrogens is 332 g/mol. The van der Waals surface area contributed by atoms with Gasteiger partial charge in [0.15, 0.2) is 0 Å². The Morgan fingerprint density at radius 3 is 2.58 bits per heavy atom. The number of aromatic nitrogens is 1. The van der Waals surface area contributed by atoms with Crippen molar-refractivity contribution in [3.63, 3.8) is 0 Å². The Hall–Kier alpha value is -2.31. The number of amides is 2. The molecule has 2 saturated heterocycles. The van der Waals surface area contributed by atoms with Gasteiger partial charge in [-0.25, -0.2) is 4.79 Å². The van der Waals surface area contributed by atoms with Crippen LogP contribution in [-0.4, -0.2) is 59.7 Å². The van der Waals surface area contributed by atoms with Crippen LogP contribution in [0, 0.1) is 17.8 Å². The number of anilines is 1. The van der Waals surface area contributed by atoms with Crippen LogP contribution in [0.5, 0.6) is 0 Å². The highest BCUT2D eigenvalue weighted by Crippen LogP contribution is 2.23. The Kier molecular flexibility index (Phi) is 5.96. The lowest BCUT2D eigenvalue weighted by Crippen LogP contribution is -2.50. The number of likely N-dealkylation sites (tertiary alicyclic amines) is 1. The van der Waals surface area contributed by atoms with E-state index in [4.69, 9.17) is 0 Å². The van der Waals surface area contributed by atoms with Crippen molar-refractivity contribution in [3.05, 3.63) is 24.5 Å². The van der Waals surface area contributed by atoms with Crippen molar-refractivity contribution in [2.45, 2.75) is 26.2 Å². The largest absolute Gasteiger partial charge is 0.481 e. The van der Waals surface area contributed by atoms with Gasteiger partial charge in [0.2, 0.25) is 0 Å². The average Bonchev–Trinajstić information content (AvgIpc) is 2.66.